The molecular weight excluding hydrogens is 318 g/mol. The number of likely N-dealkylation sites (N-methyl/N-ethyl adjacent to an activating group) is 1. The second-order valence-electron chi connectivity index (χ2n) is 5.23. The van der Waals surface area contributed by atoms with Crippen molar-refractivity contribution in [1.29, 1.82) is 0 Å². The smallest absolute Gasteiger partial charge is 0.262 e. The average molecular weight is 332 g/mol. The molecule has 0 spiro atoms. The van der Waals surface area contributed by atoms with Crippen LogP contribution in [0.2, 0.25) is 0 Å². The van der Waals surface area contributed by atoms with Crippen molar-refractivity contribution in [3.63, 3.8) is 0 Å². The Balaban J connectivity index is 1.99. The van der Waals surface area contributed by atoms with E-state index >= 15 is 0 Å². The molecule has 2 amide bonds. The zero-order chi connectivity index (χ0) is 17.3. The van der Waals surface area contributed by atoms with E-state index in [1.54, 1.807) is 24.3 Å². The van der Waals surface area contributed by atoms with E-state index in [1.165, 1.54) is 18.0 Å². The molecule has 0 radical (unpaired) electrons. The lowest BCUT2D eigenvalue weighted by atomic mass is 10.1. The lowest BCUT2D eigenvalue weighted by molar-refractivity contribution is -0.127. The first-order chi connectivity index (χ1) is 11.5. The van der Waals surface area contributed by atoms with Crippen molar-refractivity contribution in [3.8, 4) is 5.75 Å². The molecule has 5 nitrogen and oxygen atoms in total. The van der Waals surface area contributed by atoms with Crippen LogP contribution < -0.4 is 15.0 Å². The quantitative estimate of drug-likeness (QED) is 0.916. The van der Waals surface area contributed by atoms with E-state index < -0.39 is 23.6 Å². The van der Waals surface area contributed by atoms with Gasteiger partial charge in [-0.3, -0.25) is 9.59 Å². The van der Waals surface area contributed by atoms with Gasteiger partial charge in [-0.1, -0.05) is 12.1 Å². The molecule has 0 aliphatic carbocycles. The zero-order valence-electron chi connectivity index (χ0n) is 12.8. The molecule has 2 aromatic carbocycles. The third kappa shape index (κ3) is 2.80. The fourth-order valence-electron chi connectivity index (χ4n) is 2.51. The summed E-state index contributed by atoms with van der Waals surface area (Å²) in [5.74, 6) is -2.69. The summed E-state index contributed by atoms with van der Waals surface area (Å²) in [6.07, 6.45) is -0.890. The van der Waals surface area contributed by atoms with E-state index in [9.17, 15) is 18.4 Å². The maximum absolute atomic E-state index is 13.4. The van der Waals surface area contributed by atoms with Gasteiger partial charge in [-0.15, -0.1) is 0 Å². The van der Waals surface area contributed by atoms with Crippen LogP contribution in [0.5, 0.6) is 5.75 Å². The number of carbonyl (C=O) groups is 2. The molecular formula is C17H14F2N2O3. The van der Waals surface area contributed by atoms with Crippen molar-refractivity contribution >= 4 is 17.5 Å². The van der Waals surface area contributed by atoms with Gasteiger partial charge in [0.1, 0.15) is 5.75 Å². The van der Waals surface area contributed by atoms with Crippen molar-refractivity contribution in [1.82, 2.24) is 5.32 Å². The Kier molecular flexibility index (Phi) is 4.16. The van der Waals surface area contributed by atoms with Crippen LogP contribution >= 0.6 is 0 Å². The number of fused-ring (bicyclic) bond motifs is 1. The van der Waals surface area contributed by atoms with Gasteiger partial charge in [0.25, 0.3) is 11.8 Å². The molecule has 7 heteroatoms. The van der Waals surface area contributed by atoms with Crippen LogP contribution in [-0.2, 0) is 4.79 Å². The zero-order valence-corrected chi connectivity index (χ0v) is 12.8. The van der Waals surface area contributed by atoms with Crippen LogP contribution in [0, 0.1) is 11.6 Å². The van der Waals surface area contributed by atoms with Crippen LogP contribution in [-0.4, -0.2) is 31.5 Å². The fourth-order valence-corrected chi connectivity index (χ4v) is 2.51. The first-order valence-electron chi connectivity index (χ1n) is 7.25. The normalized spacial score (nSPS) is 16.1. The number of rotatable bonds is 2. The average Bonchev–Trinajstić information content (AvgIpc) is 2.61. The van der Waals surface area contributed by atoms with Crippen molar-refractivity contribution in [2.45, 2.75) is 6.10 Å². The topological polar surface area (TPSA) is 58.6 Å². The molecule has 1 N–H and O–H groups in total. The largest absolute Gasteiger partial charge is 0.477 e. The van der Waals surface area contributed by atoms with Gasteiger partial charge >= 0.3 is 0 Å². The molecule has 1 atom stereocenters. The minimum absolute atomic E-state index is 0.0127. The molecule has 0 unspecified atom stereocenters. The van der Waals surface area contributed by atoms with Gasteiger partial charge in [-0.2, -0.15) is 0 Å². The maximum Gasteiger partial charge on any atom is 0.262 e. The van der Waals surface area contributed by atoms with Crippen LogP contribution in [0.1, 0.15) is 10.4 Å². The summed E-state index contributed by atoms with van der Waals surface area (Å²) in [5, 5.41) is 2.47. The van der Waals surface area contributed by atoms with Crippen molar-refractivity contribution in [2.75, 3.05) is 18.5 Å². The van der Waals surface area contributed by atoms with Gasteiger partial charge in [0, 0.05) is 12.6 Å². The van der Waals surface area contributed by atoms with E-state index in [0.29, 0.717) is 11.4 Å². The summed E-state index contributed by atoms with van der Waals surface area (Å²) in [6, 6.07) is 9.66. The number of amides is 2. The van der Waals surface area contributed by atoms with Gasteiger partial charge in [-0.05, 0) is 30.3 Å². The number of benzene rings is 2. The SMILES string of the molecule is CNC(=O)[C@H]1CN(C(=O)c2ccc(F)c(F)c2)c2ccccc2O1. The van der Waals surface area contributed by atoms with Crippen molar-refractivity contribution in [2.24, 2.45) is 0 Å². The Bertz CT molecular complexity index is 810. The lowest BCUT2D eigenvalue weighted by Crippen LogP contribution is -2.50. The second kappa shape index (κ2) is 6.27. The summed E-state index contributed by atoms with van der Waals surface area (Å²) >= 11 is 0. The Morgan fingerprint density at radius 1 is 1.17 bits per heavy atom. The summed E-state index contributed by atoms with van der Waals surface area (Å²) < 4.78 is 32.1. The van der Waals surface area contributed by atoms with Gasteiger partial charge in [0.15, 0.2) is 17.7 Å². The highest BCUT2D eigenvalue weighted by Crippen LogP contribution is 2.34. The molecule has 1 aliphatic heterocycles. The lowest BCUT2D eigenvalue weighted by Gasteiger charge is -2.34. The predicted octanol–water partition coefficient (Wildman–Crippen LogP) is 2.12. The third-order valence-electron chi connectivity index (χ3n) is 3.72. The number of anilines is 1. The number of hydrogen-bond acceptors (Lipinski definition) is 3. The van der Waals surface area contributed by atoms with Crippen LogP contribution in [0.3, 0.4) is 0 Å². The number of carbonyl (C=O) groups excluding carboxylic acids is 2. The Labute approximate surface area is 136 Å². The van der Waals surface area contributed by atoms with Gasteiger partial charge in [0.05, 0.1) is 12.2 Å². The molecule has 0 bridgehead atoms. The van der Waals surface area contributed by atoms with E-state index in [1.807, 2.05) is 0 Å². The molecule has 0 saturated heterocycles. The molecule has 0 saturated carbocycles. The number of nitrogens with zero attached hydrogens (tertiary/aromatic N) is 1. The molecule has 124 valence electrons. The van der Waals surface area contributed by atoms with Gasteiger partial charge in [-0.25, -0.2) is 8.78 Å². The Hall–Kier alpha value is -2.96. The molecule has 1 aliphatic rings. The first kappa shape index (κ1) is 15.9. The first-order valence-corrected chi connectivity index (χ1v) is 7.25. The van der Waals surface area contributed by atoms with Crippen molar-refractivity contribution in [3.05, 3.63) is 59.7 Å². The highest BCUT2D eigenvalue weighted by molar-refractivity contribution is 6.07. The number of ether oxygens (including phenoxy) is 1. The fraction of sp³-hybridized carbons (Fsp3) is 0.176. The van der Waals surface area contributed by atoms with Gasteiger partial charge in [0.2, 0.25) is 0 Å². The molecule has 0 aromatic heterocycles. The number of halogens is 2. The summed E-state index contributed by atoms with van der Waals surface area (Å²) in [5.41, 5.74) is 0.452. The maximum atomic E-state index is 13.4. The van der Waals surface area contributed by atoms with Crippen LogP contribution in [0.25, 0.3) is 0 Å². The highest BCUT2D eigenvalue weighted by Gasteiger charge is 2.33. The standard InChI is InChI=1S/C17H14F2N2O3/c1-20-16(22)15-9-21(13-4-2-3-5-14(13)24-15)17(23)10-6-7-11(18)12(19)8-10/h2-8,15H,9H2,1H3,(H,20,22)/t15-/m1/s1. The predicted molar refractivity (Wildman–Crippen MR) is 83.0 cm³/mol. The summed E-state index contributed by atoms with van der Waals surface area (Å²) in [6.45, 7) is -0.0332. The Morgan fingerprint density at radius 3 is 2.62 bits per heavy atom. The number of nitrogens with one attached hydrogen (secondary N) is 1. The van der Waals surface area contributed by atoms with Crippen molar-refractivity contribution < 1.29 is 23.1 Å². The Morgan fingerprint density at radius 2 is 1.92 bits per heavy atom. The summed E-state index contributed by atoms with van der Waals surface area (Å²) in [7, 11) is 1.47. The molecule has 3 rings (SSSR count). The van der Waals surface area contributed by atoms with E-state index in [0.717, 1.165) is 12.1 Å². The number of para-hydroxylation sites is 2. The van der Waals surface area contributed by atoms with E-state index in [2.05, 4.69) is 5.32 Å². The second-order valence-corrected chi connectivity index (χ2v) is 5.23. The number of hydrogen-bond donors (Lipinski definition) is 1. The highest BCUT2D eigenvalue weighted by atomic mass is 19.2. The molecule has 1 heterocycles. The van der Waals surface area contributed by atoms with Crippen LogP contribution in [0.15, 0.2) is 42.5 Å². The molecule has 24 heavy (non-hydrogen) atoms. The van der Waals surface area contributed by atoms with Crippen LogP contribution in [0.4, 0.5) is 14.5 Å². The summed E-state index contributed by atoms with van der Waals surface area (Å²) in [4.78, 5) is 26.0. The van der Waals surface area contributed by atoms with E-state index in [4.69, 9.17) is 4.74 Å². The minimum Gasteiger partial charge on any atom is -0.477 e. The molecule has 0 fully saturated rings. The van der Waals surface area contributed by atoms with E-state index in [-0.39, 0.29) is 18.0 Å². The minimum atomic E-state index is -1.11. The molecule has 2 aromatic rings. The monoisotopic (exact) mass is 332 g/mol. The van der Waals surface area contributed by atoms with Gasteiger partial charge < -0.3 is 15.0 Å². The third-order valence-corrected chi connectivity index (χ3v) is 3.72.